The minimum absolute atomic E-state index is 0.166. The van der Waals surface area contributed by atoms with Gasteiger partial charge in [-0.05, 0) is 43.0 Å². The fourth-order valence-electron chi connectivity index (χ4n) is 4.61. The molecule has 0 bridgehead atoms. The monoisotopic (exact) mass is 418 g/mol. The number of nitrogens with zero attached hydrogens (tertiary/aromatic N) is 5. The smallest absolute Gasteiger partial charge is 0.257 e. The highest BCUT2D eigenvalue weighted by Gasteiger charge is 2.55. The number of fused-ring (bicyclic) bond motifs is 2. The Bertz CT molecular complexity index is 1300. The Morgan fingerprint density at radius 3 is 2.81 bits per heavy atom. The molecule has 31 heavy (non-hydrogen) atoms. The van der Waals surface area contributed by atoms with Crippen molar-refractivity contribution in [2.45, 2.75) is 24.9 Å². The van der Waals surface area contributed by atoms with Crippen molar-refractivity contribution in [3.63, 3.8) is 0 Å². The van der Waals surface area contributed by atoms with Crippen LogP contribution < -0.4 is 4.74 Å². The van der Waals surface area contributed by atoms with E-state index in [0.29, 0.717) is 17.2 Å². The first-order valence-electron chi connectivity index (χ1n) is 10.1. The van der Waals surface area contributed by atoms with Gasteiger partial charge in [0.25, 0.3) is 5.91 Å². The first kappa shape index (κ1) is 18.1. The summed E-state index contributed by atoms with van der Waals surface area (Å²) in [6, 6.07) is 9.77. The maximum Gasteiger partial charge on any atom is 0.257 e. The first-order chi connectivity index (χ1) is 15.1. The molecule has 1 N–H and O–H groups in total. The number of benzene rings is 2. The van der Waals surface area contributed by atoms with Crippen molar-refractivity contribution >= 4 is 16.9 Å². The number of hydrogen-bond acceptors (Lipinski definition) is 5. The van der Waals surface area contributed by atoms with Gasteiger partial charge in [0.1, 0.15) is 23.1 Å². The molecule has 2 fully saturated rings. The van der Waals surface area contributed by atoms with E-state index in [4.69, 9.17) is 9.72 Å². The van der Waals surface area contributed by atoms with E-state index in [9.17, 15) is 9.18 Å². The van der Waals surface area contributed by atoms with E-state index in [1.54, 1.807) is 7.11 Å². The lowest BCUT2D eigenvalue weighted by Gasteiger charge is -2.27. The van der Waals surface area contributed by atoms with Crippen molar-refractivity contribution in [2.75, 3.05) is 7.11 Å². The van der Waals surface area contributed by atoms with Gasteiger partial charge in [0, 0.05) is 18.2 Å². The number of methoxy groups -OCH3 is 1. The van der Waals surface area contributed by atoms with Crippen molar-refractivity contribution < 1.29 is 13.9 Å². The highest BCUT2D eigenvalue weighted by molar-refractivity contribution is 5.98. The van der Waals surface area contributed by atoms with E-state index in [-0.39, 0.29) is 18.0 Å². The van der Waals surface area contributed by atoms with Crippen LogP contribution in [0.15, 0.2) is 48.8 Å². The molecule has 156 valence electrons. The van der Waals surface area contributed by atoms with Crippen LogP contribution in [0, 0.1) is 11.7 Å². The molecule has 0 radical (unpaired) electrons. The van der Waals surface area contributed by atoms with E-state index in [1.807, 2.05) is 23.1 Å². The summed E-state index contributed by atoms with van der Waals surface area (Å²) in [5.74, 6) is 1.33. The molecule has 1 aliphatic heterocycles. The highest BCUT2D eigenvalue weighted by Crippen LogP contribution is 2.53. The van der Waals surface area contributed by atoms with Crippen LogP contribution in [0.2, 0.25) is 0 Å². The summed E-state index contributed by atoms with van der Waals surface area (Å²) in [5, 5.41) is 8.17. The molecule has 0 spiro atoms. The molecule has 6 rings (SSSR count). The van der Waals surface area contributed by atoms with Gasteiger partial charge in [0.05, 0.1) is 42.1 Å². The number of amides is 1. The number of imidazole rings is 1. The number of carbonyl (C=O) groups is 1. The summed E-state index contributed by atoms with van der Waals surface area (Å²) in [6.07, 6.45) is 4.82. The third-order valence-electron chi connectivity index (χ3n) is 6.19. The minimum Gasteiger partial charge on any atom is -0.497 e. The van der Waals surface area contributed by atoms with Crippen LogP contribution in [0.3, 0.4) is 0 Å². The van der Waals surface area contributed by atoms with Gasteiger partial charge in [0.2, 0.25) is 0 Å². The summed E-state index contributed by atoms with van der Waals surface area (Å²) in [7, 11) is 1.62. The molecule has 1 saturated carbocycles. The summed E-state index contributed by atoms with van der Waals surface area (Å²) in [4.78, 5) is 25.0. The van der Waals surface area contributed by atoms with Gasteiger partial charge in [-0.1, -0.05) is 0 Å². The van der Waals surface area contributed by atoms with E-state index >= 15 is 0 Å². The number of halogens is 1. The fraction of sp³-hybridized carbons (Fsp3) is 0.273. The second-order valence-corrected chi connectivity index (χ2v) is 8.01. The Kier molecular flexibility index (Phi) is 3.86. The number of ether oxygens (including phenoxy) is 1. The molecule has 4 aromatic rings. The van der Waals surface area contributed by atoms with Crippen molar-refractivity contribution in [3.05, 3.63) is 66.0 Å². The van der Waals surface area contributed by atoms with Gasteiger partial charge in [-0.2, -0.15) is 15.0 Å². The Morgan fingerprint density at radius 2 is 2.00 bits per heavy atom. The van der Waals surface area contributed by atoms with Crippen molar-refractivity contribution in [1.29, 1.82) is 0 Å². The number of likely N-dealkylation sites (tertiary alicyclic amines) is 1. The van der Waals surface area contributed by atoms with Gasteiger partial charge < -0.3 is 14.6 Å². The van der Waals surface area contributed by atoms with E-state index in [0.717, 1.165) is 35.4 Å². The van der Waals surface area contributed by atoms with E-state index in [2.05, 4.69) is 15.2 Å². The highest BCUT2D eigenvalue weighted by atomic mass is 19.1. The third-order valence-corrected chi connectivity index (χ3v) is 6.19. The topological polar surface area (TPSA) is 88.9 Å². The predicted octanol–water partition coefficient (Wildman–Crippen LogP) is 3.27. The lowest BCUT2D eigenvalue weighted by Crippen LogP contribution is -2.35. The zero-order chi connectivity index (χ0) is 21.1. The van der Waals surface area contributed by atoms with Gasteiger partial charge in [0.15, 0.2) is 0 Å². The van der Waals surface area contributed by atoms with Crippen LogP contribution in [-0.4, -0.2) is 48.9 Å². The zero-order valence-electron chi connectivity index (χ0n) is 16.7. The van der Waals surface area contributed by atoms with Crippen molar-refractivity contribution in [3.8, 4) is 11.4 Å². The Labute approximate surface area is 176 Å². The quantitative estimate of drug-likeness (QED) is 0.550. The predicted molar refractivity (Wildman–Crippen MR) is 109 cm³/mol. The van der Waals surface area contributed by atoms with Crippen molar-refractivity contribution in [2.24, 2.45) is 5.92 Å². The zero-order valence-corrected chi connectivity index (χ0v) is 16.7. The van der Waals surface area contributed by atoms with Crippen LogP contribution in [0.4, 0.5) is 4.39 Å². The molecule has 3 heterocycles. The normalized spacial score (nSPS) is 22.0. The number of nitrogens with one attached hydrogen (secondary N) is 1. The van der Waals surface area contributed by atoms with Crippen LogP contribution in [0.1, 0.15) is 35.1 Å². The van der Waals surface area contributed by atoms with E-state index in [1.165, 1.54) is 35.4 Å². The number of carbonyl (C=O) groups excluding carboxylic acids is 1. The summed E-state index contributed by atoms with van der Waals surface area (Å²) in [5.41, 5.74) is 2.39. The van der Waals surface area contributed by atoms with Gasteiger partial charge >= 0.3 is 0 Å². The standard InChI is InChI=1S/C22H19FN6O2/c1-31-14-3-5-16-17(11-14)27-21(26-16)20-9-12-8-18(12)28(20)22(30)15-4-2-13(23)10-19(15)29-24-6-7-25-29/h2-7,10-12,18,20H,8-9H2,1H3,(H,26,27). The summed E-state index contributed by atoms with van der Waals surface area (Å²) >= 11 is 0. The number of aromatic nitrogens is 5. The Hall–Kier alpha value is -3.75. The molecule has 2 aliphatic rings. The fourth-order valence-corrected chi connectivity index (χ4v) is 4.61. The Morgan fingerprint density at radius 1 is 1.16 bits per heavy atom. The number of H-pyrrole nitrogens is 1. The third kappa shape index (κ3) is 2.88. The molecular weight excluding hydrogens is 399 g/mol. The SMILES string of the molecule is COc1ccc2[nH]c(C3CC4CC4N3C(=O)c3ccc(F)cc3-n3nccn3)nc2c1. The maximum absolute atomic E-state index is 14.0. The molecule has 9 heteroatoms. The lowest BCUT2D eigenvalue weighted by atomic mass is 10.1. The second kappa shape index (κ2) is 6.63. The van der Waals surface area contributed by atoms with Crippen molar-refractivity contribution in [1.82, 2.24) is 29.9 Å². The van der Waals surface area contributed by atoms with Crippen LogP contribution in [0.5, 0.6) is 5.75 Å². The average molecular weight is 418 g/mol. The first-order valence-corrected chi connectivity index (χ1v) is 10.1. The molecule has 1 amide bonds. The lowest BCUT2D eigenvalue weighted by molar-refractivity contribution is 0.0692. The molecule has 1 saturated heterocycles. The summed E-state index contributed by atoms with van der Waals surface area (Å²) in [6.45, 7) is 0. The Balaban J connectivity index is 1.40. The molecule has 2 aromatic heterocycles. The summed E-state index contributed by atoms with van der Waals surface area (Å²) < 4.78 is 19.3. The molecule has 2 aromatic carbocycles. The van der Waals surface area contributed by atoms with E-state index < -0.39 is 5.82 Å². The number of hydrogen-bond donors (Lipinski definition) is 1. The van der Waals surface area contributed by atoms with Crippen LogP contribution >= 0.6 is 0 Å². The molecular formula is C22H19FN6O2. The average Bonchev–Trinajstić information content (AvgIpc) is 3.20. The number of piperidine rings is 1. The van der Waals surface area contributed by atoms with Gasteiger partial charge in [-0.25, -0.2) is 9.37 Å². The molecule has 8 nitrogen and oxygen atoms in total. The molecule has 1 aliphatic carbocycles. The molecule has 3 atom stereocenters. The second-order valence-electron chi connectivity index (χ2n) is 8.01. The van der Waals surface area contributed by atoms with Gasteiger partial charge in [-0.15, -0.1) is 0 Å². The maximum atomic E-state index is 14.0. The van der Waals surface area contributed by atoms with Gasteiger partial charge in [-0.3, -0.25) is 4.79 Å². The number of rotatable bonds is 4. The molecule has 3 unspecified atom stereocenters. The number of aromatic amines is 1. The largest absolute Gasteiger partial charge is 0.497 e. The van der Waals surface area contributed by atoms with Crippen LogP contribution in [-0.2, 0) is 0 Å². The minimum atomic E-state index is -0.447. The van der Waals surface area contributed by atoms with Crippen LogP contribution in [0.25, 0.3) is 16.7 Å².